The summed E-state index contributed by atoms with van der Waals surface area (Å²) in [5, 5.41) is 5.30. The van der Waals surface area contributed by atoms with Crippen molar-refractivity contribution in [2.24, 2.45) is 5.92 Å². The lowest BCUT2D eigenvalue weighted by Gasteiger charge is -2.20. The fraction of sp³-hybridized carbons (Fsp3) is 0.529. The van der Waals surface area contributed by atoms with Crippen LogP contribution in [0.25, 0.3) is 0 Å². The van der Waals surface area contributed by atoms with E-state index in [0.717, 1.165) is 5.56 Å². The minimum atomic E-state index is -0.718. The van der Waals surface area contributed by atoms with Gasteiger partial charge in [-0.3, -0.25) is 0 Å². The van der Waals surface area contributed by atoms with Gasteiger partial charge >= 0.3 is 12.0 Å². The highest BCUT2D eigenvalue weighted by molar-refractivity contribution is 5.83. The number of urea groups is 1. The van der Waals surface area contributed by atoms with Gasteiger partial charge in [-0.15, -0.1) is 0 Å². The maximum absolute atomic E-state index is 12.1. The molecule has 0 aliphatic rings. The van der Waals surface area contributed by atoms with Crippen LogP contribution in [0.1, 0.15) is 19.4 Å². The van der Waals surface area contributed by atoms with Crippen molar-refractivity contribution in [3.8, 4) is 17.2 Å². The highest BCUT2D eigenvalue weighted by Gasteiger charge is 2.24. The van der Waals surface area contributed by atoms with E-state index in [1.54, 1.807) is 12.1 Å². The van der Waals surface area contributed by atoms with E-state index in [2.05, 4.69) is 10.6 Å². The van der Waals surface area contributed by atoms with E-state index in [-0.39, 0.29) is 12.5 Å². The molecule has 1 aromatic carbocycles. The van der Waals surface area contributed by atoms with Crippen molar-refractivity contribution >= 4 is 12.0 Å². The molecule has 0 saturated carbocycles. The first-order valence-electron chi connectivity index (χ1n) is 7.78. The summed E-state index contributed by atoms with van der Waals surface area (Å²) in [5.41, 5.74) is 0.754. The molecule has 0 spiro atoms. The van der Waals surface area contributed by atoms with Crippen molar-refractivity contribution in [1.29, 1.82) is 0 Å². The maximum atomic E-state index is 12.1. The lowest BCUT2D eigenvalue weighted by Crippen LogP contribution is -2.48. The molecule has 0 saturated heterocycles. The summed E-state index contributed by atoms with van der Waals surface area (Å²) in [4.78, 5) is 23.8. The molecular formula is C17H26N2O6. The van der Waals surface area contributed by atoms with Gasteiger partial charge in [0.1, 0.15) is 6.04 Å². The summed E-state index contributed by atoms with van der Waals surface area (Å²) in [6.07, 6.45) is 0. The minimum absolute atomic E-state index is 0.0978. The molecule has 0 fully saturated rings. The van der Waals surface area contributed by atoms with Crippen molar-refractivity contribution in [3.05, 3.63) is 17.7 Å². The molecule has 0 bridgehead atoms. The zero-order valence-corrected chi connectivity index (χ0v) is 15.5. The largest absolute Gasteiger partial charge is 0.493 e. The van der Waals surface area contributed by atoms with E-state index < -0.39 is 18.0 Å². The van der Waals surface area contributed by atoms with Crippen LogP contribution < -0.4 is 24.8 Å². The van der Waals surface area contributed by atoms with Gasteiger partial charge in [-0.05, 0) is 23.6 Å². The van der Waals surface area contributed by atoms with Crippen molar-refractivity contribution in [2.45, 2.75) is 26.4 Å². The molecule has 2 N–H and O–H groups in total. The van der Waals surface area contributed by atoms with Gasteiger partial charge in [0.2, 0.25) is 5.75 Å². The van der Waals surface area contributed by atoms with E-state index in [1.807, 2.05) is 13.8 Å². The van der Waals surface area contributed by atoms with Crippen LogP contribution in [-0.2, 0) is 16.1 Å². The van der Waals surface area contributed by atoms with Gasteiger partial charge in [-0.25, -0.2) is 9.59 Å². The number of nitrogens with one attached hydrogen (secondary N) is 2. The Morgan fingerprint density at radius 1 is 1.00 bits per heavy atom. The third-order valence-corrected chi connectivity index (χ3v) is 3.59. The van der Waals surface area contributed by atoms with Crippen molar-refractivity contribution in [2.75, 3.05) is 28.4 Å². The van der Waals surface area contributed by atoms with Gasteiger partial charge in [0.15, 0.2) is 11.5 Å². The molecule has 25 heavy (non-hydrogen) atoms. The Bertz CT molecular complexity index is 578. The van der Waals surface area contributed by atoms with Gasteiger partial charge in [0.05, 0.1) is 28.4 Å². The lowest BCUT2D eigenvalue weighted by molar-refractivity contribution is -0.143. The summed E-state index contributed by atoms with van der Waals surface area (Å²) < 4.78 is 20.5. The summed E-state index contributed by atoms with van der Waals surface area (Å²) >= 11 is 0. The van der Waals surface area contributed by atoms with E-state index in [9.17, 15) is 9.59 Å². The second-order valence-corrected chi connectivity index (χ2v) is 5.61. The standard InChI is InChI=1S/C17H26N2O6/c1-10(2)14(16(20)25-6)19-17(21)18-9-11-7-12(22-3)15(24-5)13(8-11)23-4/h7-8,10,14H,9H2,1-6H3,(H2,18,19,21). The number of benzene rings is 1. The van der Waals surface area contributed by atoms with Gasteiger partial charge in [-0.1, -0.05) is 13.8 Å². The van der Waals surface area contributed by atoms with E-state index in [4.69, 9.17) is 18.9 Å². The molecule has 1 atom stereocenters. The molecule has 0 aliphatic carbocycles. The number of rotatable bonds is 8. The third-order valence-electron chi connectivity index (χ3n) is 3.59. The van der Waals surface area contributed by atoms with Gasteiger partial charge < -0.3 is 29.6 Å². The van der Waals surface area contributed by atoms with Crippen molar-refractivity contribution in [3.63, 3.8) is 0 Å². The smallest absolute Gasteiger partial charge is 0.328 e. The van der Waals surface area contributed by atoms with Crippen LogP contribution in [0, 0.1) is 5.92 Å². The van der Waals surface area contributed by atoms with E-state index >= 15 is 0 Å². The Morgan fingerprint density at radius 3 is 1.96 bits per heavy atom. The van der Waals surface area contributed by atoms with Crippen LogP contribution >= 0.6 is 0 Å². The fourth-order valence-corrected chi connectivity index (χ4v) is 2.24. The van der Waals surface area contributed by atoms with Gasteiger partial charge in [-0.2, -0.15) is 0 Å². The topological polar surface area (TPSA) is 95.1 Å². The first kappa shape index (κ1) is 20.4. The van der Waals surface area contributed by atoms with Crippen LogP contribution in [-0.4, -0.2) is 46.5 Å². The second kappa shape index (κ2) is 9.61. The number of carbonyl (C=O) groups is 2. The average Bonchev–Trinajstić information content (AvgIpc) is 2.62. The van der Waals surface area contributed by atoms with Crippen LogP contribution in [0.5, 0.6) is 17.2 Å². The first-order valence-corrected chi connectivity index (χ1v) is 7.78. The highest BCUT2D eigenvalue weighted by Crippen LogP contribution is 2.38. The zero-order valence-electron chi connectivity index (χ0n) is 15.5. The SMILES string of the molecule is COC(=O)C(NC(=O)NCc1cc(OC)c(OC)c(OC)c1)C(C)C. The van der Waals surface area contributed by atoms with Crippen LogP contribution in [0.3, 0.4) is 0 Å². The Balaban J connectivity index is 2.80. The molecule has 1 unspecified atom stereocenters. The zero-order chi connectivity index (χ0) is 19.0. The van der Waals surface area contributed by atoms with E-state index in [0.29, 0.717) is 17.2 Å². The van der Waals surface area contributed by atoms with Crippen LogP contribution in [0.4, 0.5) is 4.79 Å². The summed E-state index contributed by atoms with van der Waals surface area (Å²) in [6.45, 7) is 3.86. The number of esters is 1. The number of amides is 2. The number of ether oxygens (including phenoxy) is 4. The maximum Gasteiger partial charge on any atom is 0.328 e. The molecule has 2 amide bonds. The van der Waals surface area contributed by atoms with Crippen molar-refractivity contribution < 1.29 is 28.5 Å². The highest BCUT2D eigenvalue weighted by atomic mass is 16.5. The Kier molecular flexibility index (Phi) is 7.84. The molecule has 8 heteroatoms. The van der Waals surface area contributed by atoms with Gasteiger partial charge in [0, 0.05) is 6.54 Å². The molecule has 8 nitrogen and oxygen atoms in total. The summed E-state index contributed by atoms with van der Waals surface area (Å²) in [6, 6.07) is 2.28. The molecule has 0 radical (unpaired) electrons. The predicted octanol–water partition coefficient (Wildman–Crippen LogP) is 1.71. The molecule has 0 aliphatic heterocycles. The normalized spacial score (nSPS) is 11.5. The third kappa shape index (κ3) is 5.44. The molecule has 0 aromatic heterocycles. The summed E-state index contributed by atoms with van der Waals surface area (Å²) in [7, 11) is 5.84. The molecule has 140 valence electrons. The van der Waals surface area contributed by atoms with Crippen LogP contribution in [0.15, 0.2) is 12.1 Å². The Labute approximate surface area is 147 Å². The Hall–Kier alpha value is -2.64. The average molecular weight is 354 g/mol. The van der Waals surface area contributed by atoms with Crippen LogP contribution in [0.2, 0.25) is 0 Å². The fourth-order valence-electron chi connectivity index (χ4n) is 2.24. The minimum Gasteiger partial charge on any atom is -0.493 e. The molecular weight excluding hydrogens is 328 g/mol. The number of methoxy groups -OCH3 is 4. The molecule has 1 aromatic rings. The Morgan fingerprint density at radius 2 is 1.56 bits per heavy atom. The lowest BCUT2D eigenvalue weighted by atomic mass is 10.1. The molecule has 1 rings (SSSR count). The summed E-state index contributed by atoms with van der Waals surface area (Å²) in [5.74, 6) is 0.878. The number of hydrogen-bond donors (Lipinski definition) is 2. The number of carbonyl (C=O) groups excluding carboxylic acids is 2. The van der Waals surface area contributed by atoms with Crippen molar-refractivity contribution in [1.82, 2.24) is 10.6 Å². The van der Waals surface area contributed by atoms with Gasteiger partial charge in [0.25, 0.3) is 0 Å². The quantitative estimate of drug-likeness (QED) is 0.690. The first-order chi connectivity index (χ1) is 11.9. The van der Waals surface area contributed by atoms with E-state index in [1.165, 1.54) is 28.4 Å². The second-order valence-electron chi connectivity index (χ2n) is 5.61. The molecule has 0 heterocycles. The number of hydrogen-bond acceptors (Lipinski definition) is 6. The predicted molar refractivity (Wildman–Crippen MR) is 92.1 cm³/mol. The monoisotopic (exact) mass is 354 g/mol.